The predicted octanol–water partition coefficient (Wildman–Crippen LogP) is 2.52. The number of aryl methyl sites for hydroxylation is 1. The van der Waals surface area contributed by atoms with E-state index >= 15 is 0 Å². The van der Waals surface area contributed by atoms with Crippen molar-refractivity contribution in [1.29, 1.82) is 0 Å². The van der Waals surface area contributed by atoms with Crippen LogP contribution in [0.25, 0.3) is 10.9 Å². The van der Waals surface area contributed by atoms with Gasteiger partial charge in [0.1, 0.15) is 12.4 Å². The lowest BCUT2D eigenvalue weighted by atomic mass is 10.0. The van der Waals surface area contributed by atoms with E-state index in [1.54, 1.807) is 7.11 Å². The van der Waals surface area contributed by atoms with Gasteiger partial charge in [0.05, 0.1) is 19.8 Å². The van der Waals surface area contributed by atoms with Crippen LogP contribution in [-0.4, -0.2) is 44.1 Å². The summed E-state index contributed by atoms with van der Waals surface area (Å²) < 4.78 is 18.7. The lowest BCUT2D eigenvalue weighted by Gasteiger charge is -2.09. The third kappa shape index (κ3) is 3.74. The van der Waals surface area contributed by atoms with E-state index in [0.717, 1.165) is 25.1 Å². The predicted molar refractivity (Wildman–Crippen MR) is 95.8 cm³/mol. The van der Waals surface area contributed by atoms with E-state index < -0.39 is 0 Å². The fourth-order valence-corrected chi connectivity index (χ4v) is 3.50. The zero-order valence-electron chi connectivity index (χ0n) is 14.7. The van der Waals surface area contributed by atoms with Crippen molar-refractivity contribution in [3.8, 4) is 5.75 Å². The van der Waals surface area contributed by atoms with Gasteiger partial charge in [0.25, 0.3) is 0 Å². The second-order valence-electron chi connectivity index (χ2n) is 6.49. The van der Waals surface area contributed by atoms with Crippen molar-refractivity contribution in [3.05, 3.63) is 29.5 Å². The number of hydrogen-bond donors (Lipinski definition) is 1. The van der Waals surface area contributed by atoms with Crippen LogP contribution < -0.4 is 10.5 Å². The molecule has 1 aliphatic rings. The average Bonchev–Trinajstić information content (AvgIpc) is 3.13. The van der Waals surface area contributed by atoms with Crippen molar-refractivity contribution in [2.75, 3.05) is 33.5 Å². The molecule has 132 valence electrons. The fourth-order valence-electron chi connectivity index (χ4n) is 3.50. The van der Waals surface area contributed by atoms with Gasteiger partial charge in [-0.25, -0.2) is 0 Å². The first-order chi connectivity index (χ1) is 11.7. The molecule has 5 nitrogen and oxygen atoms in total. The molecular weight excluding hydrogens is 304 g/mol. The summed E-state index contributed by atoms with van der Waals surface area (Å²) in [7, 11) is 1.67. The molecule has 2 N–H and O–H groups in total. The number of aromatic nitrogens is 1. The Balaban J connectivity index is 1.73. The van der Waals surface area contributed by atoms with Crippen LogP contribution >= 0.6 is 0 Å². The monoisotopic (exact) mass is 332 g/mol. The third-order valence-corrected chi connectivity index (χ3v) is 4.51. The Kier molecular flexibility index (Phi) is 5.76. The molecule has 0 aliphatic carbocycles. The molecule has 0 bridgehead atoms. The molecule has 0 radical (unpaired) electrons. The van der Waals surface area contributed by atoms with E-state index in [1.165, 1.54) is 28.6 Å². The summed E-state index contributed by atoms with van der Waals surface area (Å²) in [5, 5.41) is 1.29. The largest absolute Gasteiger partial charge is 0.491 e. The first kappa shape index (κ1) is 17.3. The average molecular weight is 332 g/mol. The Labute approximate surface area is 143 Å². The standard InChI is InChI=1S/C19H28N2O3/c1-14(20)12-16-17-13-15(24-11-10-23-9-8-22-2)5-6-19(17)21-7-3-4-18(16)21/h5-6,13-14H,3-4,7-12,20H2,1-2H3/t14-/m0/s1. The number of nitrogens with two attached hydrogens (primary N) is 1. The van der Waals surface area contributed by atoms with Crippen LogP contribution in [0.3, 0.4) is 0 Å². The van der Waals surface area contributed by atoms with Crippen LogP contribution in [0.2, 0.25) is 0 Å². The van der Waals surface area contributed by atoms with Gasteiger partial charge in [0.15, 0.2) is 0 Å². The molecule has 1 aromatic heterocycles. The van der Waals surface area contributed by atoms with Gasteiger partial charge in [-0.05, 0) is 49.9 Å². The maximum atomic E-state index is 6.08. The SMILES string of the molecule is COCCOCCOc1ccc2c(c1)c(C[C@H](C)N)c1n2CCC1. The summed E-state index contributed by atoms with van der Waals surface area (Å²) in [6.07, 6.45) is 3.30. The van der Waals surface area contributed by atoms with Gasteiger partial charge < -0.3 is 24.5 Å². The Bertz CT molecular complexity index is 679. The first-order valence-electron chi connectivity index (χ1n) is 8.79. The molecule has 3 rings (SSSR count). The van der Waals surface area contributed by atoms with Crippen molar-refractivity contribution >= 4 is 10.9 Å². The first-order valence-corrected chi connectivity index (χ1v) is 8.79. The molecule has 0 amide bonds. The zero-order chi connectivity index (χ0) is 16.9. The van der Waals surface area contributed by atoms with Crippen molar-refractivity contribution in [2.24, 2.45) is 5.73 Å². The second kappa shape index (κ2) is 8.01. The van der Waals surface area contributed by atoms with Gasteiger partial charge >= 0.3 is 0 Å². The highest BCUT2D eigenvalue weighted by atomic mass is 16.5. The van der Waals surface area contributed by atoms with Crippen LogP contribution in [0.15, 0.2) is 18.2 Å². The van der Waals surface area contributed by atoms with E-state index in [9.17, 15) is 0 Å². The van der Waals surface area contributed by atoms with Gasteiger partial charge in [0.2, 0.25) is 0 Å². The number of rotatable bonds is 9. The van der Waals surface area contributed by atoms with Crippen molar-refractivity contribution in [1.82, 2.24) is 4.57 Å². The van der Waals surface area contributed by atoms with E-state index in [0.29, 0.717) is 26.4 Å². The highest BCUT2D eigenvalue weighted by molar-refractivity contribution is 5.87. The summed E-state index contributed by atoms with van der Waals surface area (Å²) in [5.41, 5.74) is 10.2. The molecule has 1 aliphatic heterocycles. The van der Waals surface area contributed by atoms with Crippen molar-refractivity contribution < 1.29 is 14.2 Å². The minimum Gasteiger partial charge on any atom is -0.491 e. The topological polar surface area (TPSA) is 58.6 Å². The Hall–Kier alpha value is -1.56. The van der Waals surface area contributed by atoms with Crippen LogP contribution in [0.1, 0.15) is 24.6 Å². The van der Waals surface area contributed by atoms with E-state index in [4.69, 9.17) is 19.9 Å². The quantitative estimate of drug-likeness (QED) is 0.717. The maximum Gasteiger partial charge on any atom is 0.120 e. The van der Waals surface area contributed by atoms with E-state index in [-0.39, 0.29) is 6.04 Å². The van der Waals surface area contributed by atoms with Crippen LogP contribution in [0.4, 0.5) is 0 Å². The molecule has 1 atom stereocenters. The third-order valence-electron chi connectivity index (χ3n) is 4.51. The number of benzene rings is 1. The van der Waals surface area contributed by atoms with Crippen LogP contribution in [-0.2, 0) is 28.9 Å². The summed E-state index contributed by atoms with van der Waals surface area (Å²) in [6.45, 7) is 5.51. The number of nitrogens with zero attached hydrogens (tertiary/aromatic N) is 1. The number of hydrogen-bond acceptors (Lipinski definition) is 4. The number of methoxy groups -OCH3 is 1. The lowest BCUT2D eigenvalue weighted by molar-refractivity contribution is 0.0544. The molecule has 24 heavy (non-hydrogen) atoms. The fraction of sp³-hybridized carbons (Fsp3) is 0.579. The molecule has 0 saturated carbocycles. The second-order valence-corrected chi connectivity index (χ2v) is 6.49. The molecule has 0 fully saturated rings. The van der Waals surface area contributed by atoms with Crippen LogP contribution in [0, 0.1) is 0 Å². The molecular formula is C19H28N2O3. The van der Waals surface area contributed by atoms with Gasteiger partial charge in [0, 0.05) is 36.3 Å². The zero-order valence-corrected chi connectivity index (χ0v) is 14.7. The summed E-state index contributed by atoms with van der Waals surface area (Å²) in [6, 6.07) is 6.56. The molecule has 0 spiro atoms. The maximum absolute atomic E-state index is 6.08. The molecule has 5 heteroatoms. The van der Waals surface area contributed by atoms with Crippen molar-refractivity contribution in [3.63, 3.8) is 0 Å². The summed E-state index contributed by atoms with van der Waals surface area (Å²) in [4.78, 5) is 0. The highest BCUT2D eigenvalue weighted by Gasteiger charge is 2.21. The van der Waals surface area contributed by atoms with Crippen LogP contribution in [0.5, 0.6) is 5.75 Å². The van der Waals surface area contributed by atoms with Gasteiger partial charge in [-0.15, -0.1) is 0 Å². The number of fused-ring (bicyclic) bond motifs is 3. The van der Waals surface area contributed by atoms with E-state index in [2.05, 4.69) is 29.7 Å². The lowest BCUT2D eigenvalue weighted by Crippen LogP contribution is -2.18. The van der Waals surface area contributed by atoms with Crippen molar-refractivity contribution in [2.45, 2.75) is 38.8 Å². The molecule has 0 saturated heterocycles. The Morgan fingerprint density at radius 2 is 2.04 bits per heavy atom. The minimum absolute atomic E-state index is 0.166. The Morgan fingerprint density at radius 1 is 1.21 bits per heavy atom. The summed E-state index contributed by atoms with van der Waals surface area (Å²) >= 11 is 0. The highest BCUT2D eigenvalue weighted by Crippen LogP contribution is 2.34. The normalized spacial score (nSPS) is 15.0. The molecule has 2 aromatic rings. The minimum atomic E-state index is 0.166. The van der Waals surface area contributed by atoms with Gasteiger partial charge in [-0.1, -0.05) is 0 Å². The molecule has 0 unspecified atom stereocenters. The molecule has 2 heterocycles. The van der Waals surface area contributed by atoms with Gasteiger partial charge in [-0.2, -0.15) is 0 Å². The summed E-state index contributed by atoms with van der Waals surface area (Å²) in [5.74, 6) is 0.896. The Morgan fingerprint density at radius 3 is 2.83 bits per heavy atom. The van der Waals surface area contributed by atoms with E-state index in [1.807, 2.05) is 0 Å². The smallest absolute Gasteiger partial charge is 0.120 e. The van der Waals surface area contributed by atoms with Gasteiger partial charge in [-0.3, -0.25) is 0 Å². The number of ether oxygens (including phenoxy) is 3. The molecule has 1 aromatic carbocycles.